The van der Waals surface area contributed by atoms with Gasteiger partial charge in [0.1, 0.15) is 5.82 Å². The van der Waals surface area contributed by atoms with Crippen LogP contribution in [-0.2, 0) is 19.3 Å². The Kier molecular flexibility index (Phi) is 4.50. The van der Waals surface area contributed by atoms with E-state index in [1.54, 1.807) is 16.9 Å². The van der Waals surface area contributed by atoms with Gasteiger partial charge in [-0.2, -0.15) is 18.3 Å². The number of nitrogens with zero attached hydrogens (tertiary/aromatic N) is 2. The molecule has 1 heterocycles. The largest absolute Gasteiger partial charge is 0.419 e. The van der Waals surface area contributed by atoms with Crippen molar-refractivity contribution in [3.05, 3.63) is 47.5 Å². The van der Waals surface area contributed by atoms with E-state index in [9.17, 15) is 17.6 Å². The number of halogens is 4. The summed E-state index contributed by atoms with van der Waals surface area (Å²) in [6.45, 7) is 3.07. The van der Waals surface area contributed by atoms with Crippen LogP contribution in [0.2, 0.25) is 0 Å². The van der Waals surface area contributed by atoms with Crippen LogP contribution in [0.15, 0.2) is 30.5 Å². The average Bonchev–Trinajstić information content (AvgIpc) is 2.84. The predicted molar refractivity (Wildman–Crippen MR) is 71.2 cm³/mol. The molecule has 3 nitrogen and oxygen atoms in total. The quantitative estimate of drug-likeness (QED) is 0.844. The second-order valence-corrected chi connectivity index (χ2v) is 4.59. The molecule has 0 amide bonds. The molecule has 2 aromatic rings. The number of hydrogen-bond donors (Lipinski definition) is 1. The first-order valence-electron chi connectivity index (χ1n) is 6.53. The summed E-state index contributed by atoms with van der Waals surface area (Å²) in [5, 5.41) is 6.98. The molecule has 0 aliphatic carbocycles. The first kappa shape index (κ1) is 15.3. The summed E-state index contributed by atoms with van der Waals surface area (Å²) >= 11 is 0. The average molecular weight is 301 g/mol. The molecule has 2 rings (SSSR count). The summed E-state index contributed by atoms with van der Waals surface area (Å²) in [5.41, 5.74) is -0.197. The first-order chi connectivity index (χ1) is 9.91. The highest BCUT2D eigenvalue weighted by molar-refractivity contribution is 5.47. The molecule has 1 aromatic carbocycles. The minimum Gasteiger partial charge on any atom is -0.379 e. The zero-order chi connectivity index (χ0) is 15.5. The Bertz CT molecular complexity index is 605. The molecule has 114 valence electrons. The van der Waals surface area contributed by atoms with Crippen LogP contribution in [0.3, 0.4) is 0 Å². The number of aromatic nitrogens is 2. The van der Waals surface area contributed by atoms with Gasteiger partial charge in [-0.05, 0) is 30.7 Å². The molecule has 0 bridgehead atoms. The minimum atomic E-state index is -4.70. The van der Waals surface area contributed by atoms with Gasteiger partial charge in [0.15, 0.2) is 0 Å². The van der Waals surface area contributed by atoms with Gasteiger partial charge in [-0.3, -0.25) is 4.68 Å². The van der Waals surface area contributed by atoms with E-state index in [4.69, 9.17) is 0 Å². The third-order valence-electron chi connectivity index (χ3n) is 2.99. The van der Waals surface area contributed by atoms with Gasteiger partial charge in [0.2, 0.25) is 0 Å². The first-order valence-corrected chi connectivity index (χ1v) is 6.53. The van der Waals surface area contributed by atoms with Crippen LogP contribution in [-0.4, -0.2) is 9.78 Å². The van der Waals surface area contributed by atoms with E-state index in [-0.39, 0.29) is 5.69 Å². The third-order valence-corrected chi connectivity index (χ3v) is 2.99. The van der Waals surface area contributed by atoms with Crippen LogP contribution in [0.1, 0.15) is 24.6 Å². The summed E-state index contributed by atoms with van der Waals surface area (Å²) in [6.07, 6.45) is -2.16. The predicted octanol–water partition coefficient (Wildman–Crippen LogP) is 4.06. The maximum absolute atomic E-state index is 13.2. The summed E-state index contributed by atoms with van der Waals surface area (Å²) in [5.74, 6) is -1.27. The fourth-order valence-electron chi connectivity index (χ4n) is 1.97. The van der Waals surface area contributed by atoms with Gasteiger partial charge in [-0.1, -0.05) is 6.92 Å². The topological polar surface area (TPSA) is 29.9 Å². The van der Waals surface area contributed by atoms with Gasteiger partial charge in [0, 0.05) is 18.4 Å². The van der Waals surface area contributed by atoms with E-state index in [1.807, 2.05) is 6.92 Å². The number of hydrogen-bond acceptors (Lipinski definition) is 2. The summed E-state index contributed by atoms with van der Waals surface area (Å²) in [6, 6.07) is 4.66. The maximum atomic E-state index is 13.2. The van der Waals surface area contributed by atoms with Crippen molar-refractivity contribution in [3.63, 3.8) is 0 Å². The van der Waals surface area contributed by atoms with Gasteiger partial charge < -0.3 is 5.32 Å². The smallest absolute Gasteiger partial charge is 0.379 e. The fourth-order valence-corrected chi connectivity index (χ4v) is 1.97. The molecule has 0 fully saturated rings. The lowest BCUT2D eigenvalue weighted by molar-refractivity contribution is -0.139. The van der Waals surface area contributed by atoms with Crippen molar-refractivity contribution >= 4 is 5.69 Å². The van der Waals surface area contributed by atoms with Gasteiger partial charge in [0.25, 0.3) is 0 Å². The van der Waals surface area contributed by atoms with Crippen molar-refractivity contribution in [1.82, 2.24) is 9.78 Å². The lowest BCUT2D eigenvalue weighted by Crippen LogP contribution is -2.11. The van der Waals surface area contributed by atoms with Gasteiger partial charge in [-0.25, -0.2) is 4.39 Å². The number of aryl methyl sites for hydroxylation is 1. The molecule has 0 radical (unpaired) electrons. The Morgan fingerprint density at radius 2 is 2.00 bits per heavy atom. The number of benzene rings is 1. The fraction of sp³-hybridized carbons (Fsp3) is 0.357. The van der Waals surface area contributed by atoms with Crippen LogP contribution in [0.5, 0.6) is 0 Å². The Hall–Kier alpha value is -2.05. The van der Waals surface area contributed by atoms with E-state index in [0.717, 1.165) is 30.8 Å². The Labute approximate surface area is 119 Å². The maximum Gasteiger partial charge on any atom is 0.419 e. The molecule has 0 spiro atoms. The van der Waals surface area contributed by atoms with Crippen molar-refractivity contribution in [2.45, 2.75) is 32.6 Å². The number of rotatable bonds is 5. The van der Waals surface area contributed by atoms with Crippen molar-refractivity contribution in [1.29, 1.82) is 0 Å². The van der Waals surface area contributed by atoms with E-state index >= 15 is 0 Å². The normalized spacial score (nSPS) is 11.7. The van der Waals surface area contributed by atoms with Crippen molar-refractivity contribution < 1.29 is 17.6 Å². The molecule has 0 aliphatic rings. The minimum absolute atomic E-state index is 0.216. The molecule has 0 unspecified atom stereocenters. The lowest BCUT2D eigenvalue weighted by atomic mass is 10.2. The molecule has 0 saturated carbocycles. The molecule has 21 heavy (non-hydrogen) atoms. The molecular weight excluding hydrogens is 286 g/mol. The second kappa shape index (κ2) is 6.15. The highest BCUT2D eigenvalue weighted by atomic mass is 19.4. The molecule has 7 heteroatoms. The zero-order valence-electron chi connectivity index (χ0n) is 11.4. The van der Waals surface area contributed by atoms with Crippen molar-refractivity contribution in [2.75, 3.05) is 5.32 Å². The molecule has 0 aliphatic heterocycles. The molecule has 1 aromatic heterocycles. The molecular formula is C14H15F4N3. The van der Waals surface area contributed by atoms with Gasteiger partial charge in [0.05, 0.1) is 17.8 Å². The van der Waals surface area contributed by atoms with Gasteiger partial charge >= 0.3 is 6.18 Å². The second-order valence-electron chi connectivity index (χ2n) is 4.59. The Morgan fingerprint density at radius 3 is 2.67 bits per heavy atom. The van der Waals surface area contributed by atoms with E-state index in [1.165, 1.54) is 6.07 Å². The molecule has 0 saturated heterocycles. The third kappa shape index (κ3) is 3.74. The monoisotopic (exact) mass is 301 g/mol. The van der Waals surface area contributed by atoms with Crippen LogP contribution in [0.4, 0.5) is 23.2 Å². The highest BCUT2D eigenvalue weighted by Crippen LogP contribution is 2.33. The summed E-state index contributed by atoms with van der Waals surface area (Å²) in [7, 11) is 0. The Balaban J connectivity index is 2.12. The van der Waals surface area contributed by atoms with E-state index in [2.05, 4.69) is 10.4 Å². The van der Waals surface area contributed by atoms with E-state index < -0.39 is 17.6 Å². The van der Waals surface area contributed by atoms with Crippen LogP contribution in [0.25, 0.3) is 0 Å². The zero-order valence-corrected chi connectivity index (χ0v) is 11.4. The summed E-state index contributed by atoms with van der Waals surface area (Å²) < 4.78 is 52.8. The molecule has 0 atom stereocenters. The van der Waals surface area contributed by atoms with Crippen molar-refractivity contribution in [2.24, 2.45) is 0 Å². The Morgan fingerprint density at radius 1 is 1.24 bits per heavy atom. The standard InChI is InChI=1S/C14H15F4N3/c1-2-7-21-11(5-6-20-21)9-19-10-3-4-13(15)12(8-10)14(16,17)18/h3-6,8,19H,2,7,9H2,1H3. The highest BCUT2D eigenvalue weighted by Gasteiger charge is 2.34. The van der Waals surface area contributed by atoms with E-state index in [0.29, 0.717) is 6.54 Å². The van der Waals surface area contributed by atoms with Crippen LogP contribution in [0, 0.1) is 5.82 Å². The SMILES string of the molecule is CCCn1nccc1CNc1ccc(F)c(C(F)(F)F)c1. The van der Waals surface area contributed by atoms with Crippen LogP contribution >= 0.6 is 0 Å². The number of nitrogens with one attached hydrogen (secondary N) is 1. The summed E-state index contributed by atoms with van der Waals surface area (Å²) in [4.78, 5) is 0. The van der Waals surface area contributed by atoms with Gasteiger partial charge in [-0.15, -0.1) is 0 Å². The lowest BCUT2D eigenvalue weighted by Gasteiger charge is -2.12. The van der Waals surface area contributed by atoms with Crippen molar-refractivity contribution in [3.8, 4) is 0 Å². The molecule has 1 N–H and O–H groups in total. The van der Waals surface area contributed by atoms with Crippen LogP contribution < -0.4 is 5.32 Å². The number of anilines is 1. The number of alkyl halides is 3.